The summed E-state index contributed by atoms with van der Waals surface area (Å²) in [6.45, 7) is 0. The summed E-state index contributed by atoms with van der Waals surface area (Å²) in [6.07, 6.45) is 0. The Bertz CT molecular complexity index is 142. The summed E-state index contributed by atoms with van der Waals surface area (Å²) < 4.78 is -0.454. The van der Waals surface area contributed by atoms with Crippen LogP contribution in [-0.4, -0.2) is 4.58 Å². The molecule has 0 N–H and O–H groups in total. The van der Waals surface area contributed by atoms with E-state index in [2.05, 4.69) is 25.3 Å². The number of nitrogens with zero attached hydrogens (tertiary/aromatic N) is 2. The van der Waals surface area contributed by atoms with E-state index in [9.17, 15) is 0 Å². The summed E-state index contributed by atoms with van der Waals surface area (Å²) in [5.74, 6) is -0.707. The van der Waals surface area contributed by atoms with Gasteiger partial charge in [-0.25, -0.2) is 0 Å². The molecule has 10 heavy (non-hydrogen) atoms. The molecule has 0 rings (SSSR count). The van der Waals surface area contributed by atoms with Crippen LogP contribution in [0.3, 0.4) is 0 Å². The molecule has 0 aromatic heterocycles. The van der Waals surface area contributed by atoms with Gasteiger partial charge in [0, 0.05) is 0 Å². The standard InChI is InChI=1S/C4H4N2S2.2Na.2H/c5-1-3(2-6)4(7)8;;;;/h3-4,7-8H;;;;/q;2*+1;2*-1. The van der Waals surface area contributed by atoms with E-state index in [1.54, 1.807) is 12.1 Å². The molecule has 0 unspecified atom stereocenters. The topological polar surface area (TPSA) is 47.6 Å². The molecule has 0 saturated carbocycles. The SMILES string of the molecule is N#CC(C#N)C(S)S.[H-].[H-].[Na+].[Na+]. The molecule has 0 radical (unpaired) electrons. The first-order valence-corrected chi connectivity index (χ1v) is 2.91. The zero-order valence-electron chi connectivity index (χ0n) is 7.94. The van der Waals surface area contributed by atoms with Gasteiger partial charge in [0.1, 0.15) is 0 Å². The van der Waals surface area contributed by atoms with E-state index >= 15 is 0 Å². The van der Waals surface area contributed by atoms with Gasteiger partial charge in [-0.2, -0.15) is 35.8 Å². The largest absolute Gasteiger partial charge is 1.00 e. The molecule has 0 aliphatic carbocycles. The van der Waals surface area contributed by atoms with E-state index in [0.29, 0.717) is 0 Å². The van der Waals surface area contributed by atoms with Crippen LogP contribution in [0.5, 0.6) is 0 Å². The molecule has 0 amide bonds. The van der Waals surface area contributed by atoms with Crippen LogP contribution < -0.4 is 59.1 Å². The zero-order valence-corrected chi connectivity index (χ0v) is 11.7. The third-order valence-corrected chi connectivity index (χ3v) is 1.17. The monoisotopic (exact) mass is 192 g/mol. The molecule has 0 aromatic rings. The molecule has 0 aliphatic heterocycles. The van der Waals surface area contributed by atoms with Crippen LogP contribution in [0.1, 0.15) is 2.85 Å². The fraction of sp³-hybridized carbons (Fsp3) is 0.500. The van der Waals surface area contributed by atoms with Crippen molar-refractivity contribution in [2.75, 3.05) is 0 Å². The van der Waals surface area contributed by atoms with E-state index in [4.69, 9.17) is 10.5 Å². The van der Waals surface area contributed by atoms with Crippen molar-refractivity contribution >= 4 is 25.3 Å². The van der Waals surface area contributed by atoms with Crippen LogP contribution >= 0.6 is 25.3 Å². The van der Waals surface area contributed by atoms with Gasteiger partial charge in [-0.1, -0.05) is 0 Å². The Morgan fingerprint density at radius 2 is 1.40 bits per heavy atom. The summed E-state index contributed by atoms with van der Waals surface area (Å²) in [7, 11) is 0. The molecule has 0 aromatic carbocycles. The van der Waals surface area contributed by atoms with Crippen LogP contribution in [0.15, 0.2) is 0 Å². The van der Waals surface area contributed by atoms with E-state index in [-0.39, 0.29) is 62.0 Å². The van der Waals surface area contributed by atoms with E-state index < -0.39 is 10.5 Å². The minimum absolute atomic E-state index is 0. The van der Waals surface area contributed by atoms with Gasteiger partial charge in [-0.15, -0.1) is 0 Å². The zero-order chi connectivity index (χ0) is 6.57. The number of rotatable bonds is 1. The summed E-state index contributed by atoms with van der Waals surface area (Å²) in [4.78, 5) is 0. The molecule has 0 aliphatic rings. The van der Waals surface area contributed by atoms with E-state index in [1.165, 1.54) is 0 Å². The second-order valence-electron chi connectivity index (χ2n) is 1.15. The number of hydrogen-bond donors (Lipinski definition) is 2. The molecule has 0 saturated heterocycles. The Morgan fingerprint density at radius 1 is 1.10 bits per heavy atom. The molecule has 2 nitrogen and oxygen atoms in total. The minimum Gasteiger partial charge on any atom is -1.00 e. The van der Waals surface area contributed by atoms with Gasteiger partial charge in [0.25, 0.3) is 0 Å². The van der Waals surface area contributed by atoms with Crippen molar-refractivity contribution in [1.29, 1.82) is 10.5 Å². The Kier molecular flexibility index (Phi) is 18.9. The van der Waals surface area contributed by atoms with Crippen molar-refractivity contribution in [3.63, 3.8) is 0 Å². The summed E-state index contributed by atoms with van der Waals surface area (Å²) >= 11 is 7.54. The van der Waals surface area contributed by atoms with Crippen LogP contribution in [-0.2, 0) is 0 Å². The van der Waals surface area contributed by atoms with Gasteiger partial charge >= 0.3 is 59.1 Å². The summed E-state index contributed by atoms with van der Waals surface area (Å²) in [5.41, 5.74) is 0. The van der Waals surface area contributed by atoms with Crippen LogP contribution in [0.2, 0.25) is 0 Å². The van der Waals surface area contributed by atoms with Gasteiger partial charge in [0.15, 0.2) is 5.92 Å². The molecular formula is C4H6N2Na2S2. The second-order valence-corrected chi connectivity index (χ2v) is 2.67. The van der Waals surface area contributed by atoms with E-state index in [0.717, 1.165) is 0 Å². The Hall–Kier alpha value is 1.68. The number of nitriles is 2. The van der Waals surface area contributed by atoms with Crippen molar-refractivity contribution < 1.29 is 62.0 Å². The first-order valence-electron chi connectivity index (χ1n) is 1.87. The van der Waals surface area contributed by atoms with Crippen molar-refractivity contribution in [3.05, 3.63) is 0 Å². The Labute approximate surface area is 119 Å². The maximum atomic E-state index is 8.13. The Balaban J connectivity index is -0.0000000408. The van der Waals surface area contributed by atoms with Gasteiger partial charge in [-0.3, -0.25) is 0 Å². The maximum absolute atomic E-state index is 8.13. The van der Waals surface area contributed by atoms with Crippen molar-refractivity contribution in [2.45, 2.75) is 4.58 Å². The number of thiol groups is 2. The van der Waals surface area contributed by atoms with Gasteiger partial charge in [-0.05, 0) is 0 Å². The molecule has 0 fully saturated rings. The Morgan fingerprint density at radius 3 is 1.40 bits per heavy atom. The molecule has 0 spiro atoms. The van der Waals surface area contributed by atoms with Crippen molar-refractivity contribution in [2.24, 2.45) is 5.92 Å². The first-order chi connectivity index (χ1) is 3.72. The summed E-state index contributed by atoms with van der Waals surface area (Å²) in [5, 5.41) is 16.3. The molecule has 0 bridgehead atoms. The van der Waals surface area contributed by atoms with E-state index in [1.807, 2.05) is 0 Å². The minimum atomic E-state index is -0.707. The first kappa shape index (κ1) is 17.7. The van der Waals surface area contributed by atoms with Gasteiger partial charge < -0.3 is 2.85 Å². The van der Waals surface area contributed by atoms with Gasteiger partial charge in [0.05, 0.1) is 16.7 Å². The normalized spacial score (nSPS) is 7.00. The molecule has 6 heteroatoms. The van der Waals surface area contributed by atoms with Crippen molar-refractivity contribution in [3.8, 4) is 12.1 Å². The maximum Gasteiger partial charge on any atom is 1.00 e. The van der Waals surface area contributed by atoms with Gasteiger partial charge in [0.2, 0.25) is 0 Å². The smallest absolute Gasteiger partial charge is 1.00 e. The quantitative estimate of drug-likeness (QED) is 0.248. The second kappa shape index (κ2) is 10.7. The third kappa shape index (κ3) is 7.78. The number of hydrogen-bond acceptors (Lipinski definition) is 4. The van der Waals surface area contributed by atoms with Crippen LogP contribution in [0.4, 0.5) is 0 Å². The average Bonchev–Trinajstić information content (AvgIpc) is 1.69. The fourth-order valence-electron chi connectivity index (χ4n) is 0.162. The fourth-order valence-corrected chi connectivity index (χ4v) is 0.429. The molecule has 0 heterocycles. The molecule has 0 atom stereocenters. The molecular weight excluding hydrogens is 186 g/mol. The third-order valence-electron chi connectivity index (χ3n) is 0.576. The van der Waals surface area contributed by atoms with Crippen LogP contribution in [0, 0.1) is 28.6 Å². The molecule has 46 valence electrons. The predicted octanol–water partition coefficient (Wildman–Crippen LogP) is -4.93. The summed E-state index contributed by atoms with van der Waals surface area (Å²) in [6, 6.07) is 3.47. The predicted molar refractivity (Wildman–Crippen MR) is 38.7 cm³/mol. The average molecular weight is 192 g/mol. The van der Waals surface area contributed by atoms with Crippen molar-refractivity contribution in [1.82, 2.24) is 0 Å². The van der Waals surface area contributed by atoms with Crippen LogP contribution in [0.25, 0.3) is 0 Å².